The Kier molecular flexibility index (Phi) is 3.28. The van der Waals surface area contributed by atoms with Crippen LogP contribution in [0.15, 0.2) is 0 Å². The summed E-state index contributed by atoms with van der Waals surface area (Å²) in [5, 5.41) is 17.6. The van der Waals surface area contributed by atoms with Gasteiger partial charge in [0.15, 0.2) is 0 Å². The summed E-state index contributed by atoms with van der Waals surface area (Å²) in [4.78, 5) is 11.0. The fourth-order valence-corrected chi connectivity index (χ4v) is 3.93. The number of nitrogens with zero attached hydrogens (tertiary/aromatic N) is 3. The first kappa shape index (κ1) is 12.0. The average Bonchev–Trinajstić information content (AvgIpc) is 2.82. The van der Waals surface area contributed by atoms with Crippen molar-refractivity contribution >= 4 is 17.7 Å². The Morgan fingerprint density at radius 3 is 2.78 bits per heavy atom. The van der Waals surface area contributed by atoms with E-state index in [2.05, 4.69) is 14.8 Å². The lowest BCUT2D eigenvalue weighted by Gasteiger charge is -2.25. The fourth-order valence-electron chi connectivity index (χ4n) is 2.82. The minimum Gasteiger partial charge on any atom is -0.481 e. The molecule has 0 radical (unpaired) electrons. The third kappa shape index (κ3) is 2.13. The zero-order valence-electron chi connectivity index (χ0n) is 10.2. The largest absolute Gasteiger partial charge is 0.481 e. The summed E-state index contributed by atoms with van der Waals surface area (Å²) in [5.74, 6) is 3.89. The van der Waals surface area contributed by atoms with E-state index in [4.69, 9.17) is 5.11 Å². The quantitative estimate of drug-likeness (QED) is 0.880. The smallest absolute Gasteiger partial charge is 0.307 e. The molecule has 0 saturated carbocycles. The predicted molar refractivity (Wildman–Crippen MR) is 68.8 cm³/mol. The summed E-state index contributed by atoms with van der Waals surface area (Å²) in [6, 6.07) is 0. The second kappa shape index (κ2) is 4.91. The van der Waals surface area contributed by atoms with E-state index < -0.39 is 5.97 Å². The van der Waals surface area contributed by atoms with Crippen molar-refractivity contribution in [3.05, 3.63) is 11.6 Å². The minimum atomic E-state index is -0.708. The van der Waals surface area contributed by atoms with Gasteiger partial charge < -0.3 is 9.67 Å². The molecule has 6 heteroatoms. The Hall–Kier alpha value is -1.04. The number of fused-ring (bicyclic) bond motifs is 1. The number of aliphatic carboxylic acids is 1. The van der Waals surface area contributed by atoms with Gasteiger partial charge in [-0.05, 0) is 30.8 Å². The van der Waals surface area contributed by atoms with Crippen molar-refractivity contribution < 1.29 is 9.90 Å². The van der Waals surface area contributed by atoms with Gasteiger partial charge in [0, 0.05) is 18.9 Å². The average molecular weight is 267 g/mol. The predicted octanol–water partition coefficient (Wildman–Crippen LogP) is 1.54. The van der Waals surface area contributed by atoms with Gasteiger partial charge in [-0.1, -0.05) is 0 Å². The molecule has 2 aliphatic rings. The van der Waals surface area contributed by atoms with Crippen LogP contribution in [0.4, 0.5) is 0 Å². The molecule has 1 aromatic heterocycles. The molecule has 1 atom stereocenters. The molecule has 0 aliphatic carbocycles. The van der Waals surface area contributed by atoms with Crippen LogP contribution < -0.4 is 0 Å². The van der Waals surface area contributed by atoms with Crippen molar-refractivity contribution in [3.8, 4) is 0 Å². The van der Waals surface area contributed by atoms with Gasteiger partial charge in [-0.25, -0.2) is 0 Å². The van der Waals surface area contributed by atoms with Gasteiger partial charge in [0.1, 0.15) is 11.6 Å². The van der Waals surface area contributed by atoms with Crippen molar-refractivity contribution in [3.63, 3.8) is 0 Å². The molecule has 1 aromatic rings. The van der Waals surface area contributed by atoms with Gasteiger partial charge in [-0.2, -0.15) is 11.8 Å². The molecule has 1 unspecified atom stereocenters. The zero-order chi connectivity index (χ0) is 12.5. The molecular formula is C12H17N3O2S. The molecule has 2 aliphatic heterocycles. The van der Waals surface area contributed by atoms with Gasteiger partial charge in [0.2, 0.25) is 0 Å². The number of carboxylic acid groups (broad SMARTS) is 1. The summed E-state index contributed by atoms with van der Waals surface area (Å²) < 4.78 is 2.17. The highest BCUT2D eigenvalue weighted by molar-refractivity contribution is 7.99. The van der Waals surface area contributed by atoms with E-state index in [0.717, 1.165) is 18.2 Å². The van der Waals surface area contributed by atoms with Crippen LogP contribution >= 0.6 is 11.8 Å². The first-order valence-electron chi connectivity index (χ1n) is 6.48. The molecule has 1 fully saturated rings. The van der Waals surface area contributed by atoms with Crippen molar-refractivity contribution in [2.75, 3.05) is 11.5 Å². The molecule has 1 N–H and O–H groups in total. The van der Waals surface area contributed by atoms with E-state index >= 15 is 0 Å². The van der Waals surface area contributed by atoms with E-state index in [-0.39, 0.29) is 5.92 Å². The van der Waals surface area contributed by atoms with Crippen LogP contribution in [0.3, 0.4) is 0 Å². The van der Waals surface area contributed by atoms with Crippen LogP contribution in [0.1, 0.15) is 36.8 Å². The number of hydrogen-bond donors (Lipinski definition) is 1. The first-order valence-corrected chi connectivity index (χ1v) is 7.63. The van der Waals surface area contributed by atoms with Crippen molar-refractivity contribution in [1.29, 1.82) is 0 Å². The van der Waals surface area contributed by atoms with E-state index in [1.54, 1.807) is 0 Å². The molecule has 0 bridgehead atoms. The lowest BCUT2D eigenvalue weighted by atomic mass is 9.96. The summed E-state index contributed by atoms with van der Waals surface area (Å²) in [7, 11) is 0. The highest BCUT2D eigenvalue weighted by Crippen LogP contribution is 2.32. The number of thioether (sulfide) groups is 1. The number of carboxylic acids is 1. The minimum absolute atomic E-state index is 0.281. The summed E-state index contributed by atoms with van der Waals surface area (Å²) in [6.45, 7) is 0.762. The molecule has 0 spiro atoms. The van der Waals surface area contributed by atoms with Gasteiger partial charge in [-0.15, -0.1) is 10.2 Å². The summed E-state index contributed by atoms with van der Waals surface area (Å²) >= 11 is 2.00. The topological polar surface area (TPSA) is 68.0 Å². The van der Waals surface area contributed by atoms with E-state index in [1.807, 2.05) is 11.8 Å². The van der Waals surface area contributed by atoms with Gasteiger partial charge in [0.25, 0.3) is 0 Å². The first-order chi connectivity index (χ1) is 8.75. The molecule has 1 saturated heterocycles. The molecule has 18 heavy (non-hydrogen) atoms. The maximum atomic E-state index is 11.0. The van der Waals surface area contributed by atoms with E-state index in [0.29, 0.717) is 18.8 Å². The van der Waals surface area contributed by atoms with Crippen LogP contribution in [0.5, 0.6) is 0 Å². The molecule has 3 rings (SSSR count). The Morgan fingerprint density at radius 1 is 1.28 bits per heavy atom. The Bertz CT molecular complexity index is 454. The monoisotopic (exact) mass is 267 g/mol. The number of rotatable bonds is 2. The van der Waals surface area contributed by atoms with Gasteiger partial charge >= 0.3 is 5.97 Å². The molecular weight excluding hydrogens is 250 g/mol. The molecule has 98 valence electrons. The second-order valence-electron chi connectivity index (χ2n) is 5.04. The number of hydrogen-bond acceptors (Lipinski definition) is 4. The maximum Gasteiger partial charge on any atom is 0.307 e. The van der Waals surface area contributed by atoms with Crippen molar-refractivity contribution in [1.82, 2.24) is 14.8 Å². The standard InChI is InChI=1S/C12H17N3O2S/c16-12(17)9-1-4-15-10(7-9)13-14-11(15)8-2-5-18-6-3-8/h8-9H,1-7H2,(H,16,17). The molecule has 0 amide bonds. The van der Waals surface area contributed by atoms with Crippen molar-refractivity contribution in [2.45, 2.75) is 38.1 Å². The highest BCUT2D eigenvalue weighted by Gasteiger charge is 2.30. The van der Waals surface area contributed by atoms with Crippen LogP contribution in [0.2, 0.25) is 0 Å². The van der Waals surface area contributed by atoms with Crippen LogP contribution in [0.25, 0.3) is 0 Å². The zero-order valence-corrected chi connectivity index (χ0v) is 11.0. The number of aromatic nitrogens is 3. The lowest BCUT2D eigenvalue weighted by Crippen LogP contribution is -2.27. The normalized spacial score (nSPS) is 24.8. The van der Waals surface area contributed by atoms with E-state index in [1.165, 1.54) is 24.3 Å². The Morgan fingerprint density at radius 2 is 2.06 bits per heavy atom. The molecule has 5 nitrogen and oxygen atoms in total. The SMILES string of the molecule is O=C(O)C1CCn2c(nnc2C2CCSCC2)C1. The summed E-state index contributed by atoms with van der Waals surface area (Å²) in [5.41, 5.74) is 0. The van der Waals surface area contributed by atoms with Gasteiger partial charge in [0.05, 0.1) is 5.92 Å². The maximum absolute atomic E-state index is 11.0. The van der Waals surface area contributed by atoms with Crippen LogP contribution in [-0.4, -0.2) is 37.3 Å². The number of carbonyl (C=O) groups is 1. The van der Waals surface area contributed by atoms with Crippen molar-refractivity contribution in [2.24, 2.45) is 5.92 Å². The Labute approximate surface area is 110 Å². The second-order valence-corrected chi connectivity index (χ2v) is 6.27. The van der Waals surface area contributed by atoms with Gasteiger partial charge in [-0.3, -0.25) is 4.79 Å². The molecule has 3 heterocycles. The summed E-state index contributed by atoms with van der Waals surface area (Å²) in [6.07, 6.45) is 3.58. The van der Waals surface area contributed by atoms with E-state index in [9.17, 15) is 4.79 Å². The molecule has 0 aromatic carbocycles. The Balaban J connectivity index is 1.81. The van der Waals surface area contributed by atoms with Crippen LogP contribution in [-0.2, 0) is 17.8 Å². The highest BCUT2D eigenvalue weighted by atomic mass is 32.2. The fraction of sp³-hybridized carbons (Fsp3) is 0.750. The van der Waals surface area contributed by atoms with Crippen LogP contribution in [0, 0.1) is 5.92 Å². The third-order valence-corrected chi connectivity index (χ3v) is 4.97. The third-order valence-electron chi connectivity index (χ3n) is 3.92. The lowest BCUT2D eigenvalue weighted by molar-refractivity contribution is -0.142.